The van der Waals surface area contributed by atoms with Crippen LogP contribution >= 0.6 is 0 Å². The molecule has 0 N–H and O–H groups in total. The van der Waals surface area contributed by atoms with E-state index in [1.54, 1.807) is 0 Å². The highest BCUT2D eigenvalue weighted by molar-refractivity contribution is 6.21. The van der Waals surface area contributed by atoms with Crippen LogP contribution in [0.4, 0.5) is 5.69 Å². The summed E-state index contributed by atoms with van der Waals surface area (Å²) in [6, 6.07) is 42.0. The number of rotatable bonds is 1. The fourth-order valence-electron chi connectivity index (χ4n) is 6.56. The third-order valence-corrected chi connectivity index (χ3v) is 8.27. The lowest BCUT2D eigenvalue weighted by atomic mass is 10.0. The standard InChI is InChI=1S/C35H27N3/c1-23-12-3-8-19-31(23)36-22-34-37(24(36)2)32-20-9-6-15-27(32)25-13-4-5-14-26(25)29-17-11-18-30-28-16-7-10-21-33(28)38(34)35(29)30/h3-22,24H,1-2H3/t24-/m1/s1. The summed E-state index contributed by atoms with van der Waals surface area (Å²) in [4.78, 5) is 2.43. The molecule has 0 amide bonds. The van der Waals surface area contributed by atoms with E-state index in [1.807, 2.05) is 0 Å². The molecule has 0 spiro atoms. The minimum absolute atomic E-state index is 0.0842. The summed E-state index contributed by atoms with van der Waals surface area (Å²) >= 11 is 0. The Morgan fingerprint density at radius 2 is 1.05 bits per heavy atom. The van der Waals surface area contributed by atoms with Crippen molar-refractivity contribution >= 4 is 60.8 Å². The molecule has 0 fully saturated rings. The Hall–Kier alpha value is -4.76. The summed E-state index contributed by atoms with van der Waals surface area (Å²) in [5, 5.41) is 7.59. The molecule has 38 heavy (non-hydrogen) atoms. The molecule has 8 rings (SSSR count). The van der Waals surface area contributed by atoms with Gasteiger partial charge in [-0.3, -0.25) is 4.40 Å². The van der Waals surface area contributed by atoms with Crippen LogP contribution in [0.25, 0.3) is 55.1 Å². The van der Waals surface area contributed by atoms with E-state index in [-0.39, 0.29) is 6.17 Å². The van der Waals surface area contributed by atoms with Gasteiger partial charge in [0.2, 0.25) is 0 Å². The number of anilines is 1. The maximum atomic E-state index is 2.52. The first-order valence-corrected chi connectivity index (χ1v) is 13.3. The van der Waals surface area contributed by atoms with Crippen molar-refractivity contribution in [3.8, 4) is 0 Å². The van der Waals surface area contributed by atoms with Gasteiger partial charge in [0, 0.05) is 33.4 Å². The smallest absolute Gasteiger partial charge is 0.136 e. The van der Waals surface area contributed by atoms with Crippen LogP contribution in [0.5, 0.6) is 0 Å². The van der Waals surface area contributed by atoms with Gasteiger partial charge in [0.1, 0.15) is 11.6 Å². The van der Waals surface area contributed by atoms with Gasteiger partial charge in [0.05, 0.1) is 16.6 Å². The Bertz CT molecular complexity index is 2180. The van der Waals surface area contributed by atoms with E-state index < -0.39 is 0 Å². The summed E-state index contributed by atoms with van der Waals surface area (Å²) < 4.78 is 5.01. The molecule has 0 unspecified atom stereocenters. The monoisotopic (exact) mass is 489 g/mol. The van der Waals surface area contributed by atoms with Gasteiger partial charge < -0.3 is 9.47 Å². The van der Waals surface area contributed by atoms with Crippen LogP contribution in [-0.4, -0.2) is 8.97 Å². The van der Waals surface area contributed by atoms with Gasteiger partial charge >= 0.3 is 0 Å². The molecular weight excluding hydrogens is 462 g/mol. The highest BCUT2D eigenvalue weighted by Crippen LogP contribution is 2.37. The largest absolute Gasteiger partial charge is 0.323 e. The molecular formula is C35H27N3. The van der Waals surface area contributed by atoms with Crippen molar-refractivity contribution in [2.45, 2.75) is 20.0 Å². The molecule has 5 aromatic carbocycles. The second kappa shape index (κ2) is 7.87. The lowest BCUT2D eigenvalue weighted by Crippen LogP contribution is -2.25. The number of para-hydroxylation sites is 4. The van der Waals surface area contributed by atoms with E-state index in [1.165, 1.54) is 65.6 Å². The summed E-state index contributed by atoms with van der Waals surface area (Å²) in [5.74, 6) is 0. The molecule has 1 aliphatic rings. The van der Waals surface area contributed by atoms with E-state index >= 15 is 0 Å². The van der Waals surface area contributed by atoms with Gasteiger partial charge in [-0.2, -0.15) is 0 Å². The highest BCUT2D eigenvalue weighted by atomic mass is 15.3. The maximum Gasteiger partial charge on any atom is 0.136 e. The van der Waals surface area contributed by atoms with Crippen molar-refractivity contribution in [2.75, 3.05) is 4.90 Å². The van der Waals surface area contributed by atoms with Crippen LogP contribution < -0.4 is 10.4 Å². The van der Waals surface area contributed by atoms with Crippen molar-refractivity contribution in [1.29, 1.82) is 0 Å². The summed E-state index contributed by atoms with van der Waals surface area (Å²) in [6.45, 7) is 4.51. The third kappa shape index (κ3) is 2.79. The molecule has 0 aliphatic carbocycles. The summed E-state index contributed by atoms with van der Waals surface area (Å²) in [5.41, 5.74) is 7.36. The Balaban J connectivity index is 1.75. The van der Waals surface area contributed by atoms with Crippen LogP contribution in [0.2, 0.25) is 0 Å². The molecule has 3 heterocycles. The predicted molar refractivity (Wildman–Crippen MR) is 161 cm³/mol. The SMILES string of the molecule is Cc1ccccc1N1C=c2n(c3ccccc3c3ccccc3c3cccc4c5ccccc5n2c34)[C@@H]1C. The molecule has 0 saturated heterocycles. The zero-order chi connectivity index (χ0) is 25.4. The number of aromatic nitrogens is 2. The van der Waals surface area contributed by atoms with E-state index in [0.29, 0.717) is 0 Å². The summed E-state index contributed by atoms with van der Waals surface area (Å²) in [6.07, 6.45) is 2.43. The van der Waals surface area contributed by atoms with Crippen molar-refractivity contribution in [2.24, 2.45) is 0 Å². The van der Waals surface area contributed by atoms with E-state index in [9.17, 15) is 0 Å². The fraction of sp³-hybridized carbons (Fsp3) is 0.0857. The second-order valence-corrected chi connectivity index (χ2v) is 10.3. The lowest BCUT2D eigenvalue weighted by Gasteiger charge is -2.26. The number of fused-ring (bicyclic) bond motifs is 10. The van der Waals surface area contributed by atoms with Crippen LogP contribution in [0.15, 0.2) is 115 Å². The normalized spacial score (nSPS) is 15.0. The van der Waals surface area contributed by atoms with Crippen LogP contribution in [0.1, 0.15) is 18.7 Å². The average Bonchev–Trinajstić information content (AvgIpc) is 3.48. The zero-order valence-corrected chi connectivity index (χ0v) is 21.5. The molecule has 0 saturated carbocycles. The Labute approximate surface area is 220 Å². The van der Waals surface area contributed by atoms with E-state index in [4.69, 9.17) is 0 Å². The Morgan fingerprint density at radius 1 is 0.526 bits per heavy atom. The molecule has 3 nitrogen and oxygen atoms in total. The quantitative estimate of drug-likeness (QED) is 0.226. The first kappa shape index (κ1) is 21.3. The molecule has 1 aliphatic heterocycles. The topological polar surface area (TPSA) is 12.6 Å². The molecule has 0 radical (unpaired) electrons. The summed E-state index contributed by atoms with van der Waals surface area (Å²) in [7, 11) is 0. The number of benzene rings is 5. The third-order valence-electron chi connectivity index (χ3n) is 8.27. The van der Waals surface area contributed by atoms with Crippen molar-refractivity contribution in [1.82, 2.24) is 8.97 Å². The van der Waals surface area contributed by atoms with Gasteiger partial charge in [-0.05, 0) is 48.4 Å². The second-order valence-electron chi connectivity index (χ2n) is 10.3. The van der Waals surface area contributed by atoms with Crippen molar-refractivity contribution in [3.63, 3.8) is 0 Å². The zero-order valence-electron chi connectivity index (χ0n) is 21.5. The number of aryl methyl sites for hydroxylation is 1. The molecule has 3 heteroatoms. The van der Waals surface area contributed by atoms with E-state index in [0.717, 1.165) is 0 Å². The molecule has 7 aromatic rings. The van der Waals surface area contributed by atoms with E-state index in [2.05, 4.69) is 149 Å². The Morgan fingerprint density at radius 3 is 1.79 bits per heavy atom. The van der Waals surface area contributed by atoms with Gasteiger partial charge in [0.15, 0.2) is 0 Å². The minimum atomic E-state index is 0.0842. The first-order valence-electron chi connectivity index (χ1n) is 13.3. The molecule has 1 atom stereocenters. The number of nitrogens with zero attached hydrogens (tertiary/aromatic N) is 3. The van der Waals surface area contributed by atoms with Crippen LogP contribution in [0, 0.1) is 6.92 Å². The predicted octanol–water partition coefficient (Wildman–Crippen LogP) is 8.28. The average molecular weight is 490 g/mol. The van der Waals surface area contributed by atoms with Crippen molar-refractivity contribution in [3.05, 3.63) is 126 Å². The minimum Gasteiger partial charge on any atom is -0.323 e. The molecule has 0 bridgehead atoms. The maximum absolute atomic E-state index is 2.52. The van der Waals surface area contributed by atoms with Crippen LogP contribution in [0.3, 0.4) is 0 Å². The van der Waals surface area contributed by atoms with Gasteiger partial charge in [-0.25, -0.2) is 0 Å². The Kier molecular flexibility index (Phi) is 4.42. The van der Waals surface area contributed by atoms with Gasteiger partial charge in [-0.15, -0.1) is 0 Å². The van der Waals surface area contributed by atoms with Gasteiger partial charge in [-0.1, -0.05) is 97.1 Å². The number of hydrogen-bond donors (Lipinski definition) is 0. The van der Waals surface area contributed by atoms with Crippen molar-refractivity contribution < 1.29 is 0 Å². The highest BCUT2D eigenvalue weighted by Gasteiger charge is 2.25. The number of hydrogen-bond acceptors (Lipinski definition) is 1. The van der Waals surface area contributed by atoms with Gasteiger partial charge in [0.25, 0.3) is 0 Å². The molecule has 2 aromatic heterocycles. The first-order chi connectivity index (χ1) is 18.7. The van der Waals surface area contributed by atoms with Crippen LogP contribution in [-0.2, 0) is 0 Å². The molecule has 182 valence electrons. The lowest BCUT2D eigenvalue weighted by molar-refractivity contribution is 0.585. The fourth-order valence-corrected chi connectivity index (χ4v) is 6.56.